The summed E-state index contributed by atoms with van der Waals surface area (Å²) in [7, 11) is -1.74. The summed E-state index contributed by atoms with van der Waals surface area (Å²) < 4.78 is 29.3. The van der Waals surface area contributed by atoms with E-state index in [2.05, 4.69) is 15.3 Å². The summed E-state index contributed by atoms with van der Waals surface area (Å²) >= 11 is 0. The minimum Gasteiger partial charge on any atom is -0.496 e. The van der Waals surface area contributed by atoms with Crippen molar-refractivity contribution in [1.29, 1.82) is 0 Å². The molecule has 7 nitrogen and oxygen atoms in total. The number of nitrogens with one attached hydrogen (secondary N) is 1. The van der Waals surface area contributed by atoms with Gasteiger partial charge in [-0.25, -0.2) is 9.97 Å². The first-order valence-corrected chi connectivity index (χ1v) is 10.9. The van der Waals surface area contributed by atoms with Crippen LogP contribution >= 0.6 is 7.60 Å². The highest BCUT2D eigenvalue weighted by molar-refractivity contribution is 7.62. The van der Waals surface area contributed by atoms with Gasteiger partial charge in [-0.15, -0.1) is 0 Å². The molecule has 0 fully saturated rings. The van der Waals surface area contributed by atoms with Gasteiger partial charge in [0.1, 0.15) is 17.9 Å². The number of nitrogens with zero attached hydrogens (tertiary/aromatic N) is 2. The van der Waals surface area contributed by atoms with E-state index in [0.717, 1.165) is 17.0 Å². The largest absolute Gasteiger partial charge is 0.496 e. The number of benzene rings is 2. The highest BCUT2D eigenvalue weighted by Gasteiger charge is 2.26. The maximum atomic E-state index is 13.0. The minimum absolute atomic E-state index is 0.295. The third kappa shape index (κ3) is 5.01. The fraction of sp³-hybridized carbons (Fsp3) is 0.238. The average Bonchev–Trinajstić information content (AvgIpc) is 2.74. The fourth-order valence-corrected chi connectivity index (χ4v) is 4.48. The van der Waals surface area contributed by atoms with Crippen LogP contribution < -0.4 is 15.4 Å². The Morgan fingerprint density at radius 2 is 1.72 bits per heavy atom. The molecule has 0 amide bonds. The summed E-state index contributed by atoms with van der Waals surface area (Å²) in [6, 6.07) is 16.6. The van der Waals surface area contributed by atoms with Gasteiger partial charge >= 0.3 is 7.60 Å². The molecule has 1 aromatic heterocycles. The molecule has 0 unspecified atom stereocenters. The molecule has 3 rings (SSSR count). The highest BCUT2D eigenvalue weighted by Crippen LogP contribution is 2.47. The molecule has 8 heteroatoms. The van der Waals surface area contributed by atoms with E-state index in [9.17, 15) is 4.57 Å². The molecular formula is C21H24N3O4P. The maximum Gasteiger partial charge on any atom is 0.361 e. The Labute approximate surface area is 170 Å². The van der Waals surface area contributed by atoms with Crippen LogP contribution in [0.25, 0.3) is 11.3 Å². The standard InChI is InChI=1S/C21H24N3O4P/c1-4-27-29(25,28-5-2)17-10-8-9-16(13-17)24-21-14-19(22-15-23-21)18-11-6-7-12-20(18)26-3/h6-15H,4-5H2,1-3H3,(H,22,23,24). The summed E-state index contributed by atoms with van der Waals surface area (Å²) in [6.45, 7) is 4.16. The van der Waals surface area contributed by atoms with Crippen molar-refractivity contribution in [1.82, 2.24) is 9.97 Å². The number of hydrogen-bond donors (Lipinski definition) is 1. The lowest BCUT2D eigenvalue weighted by molar-refractivity contribution is 0.230. The fourth-order valence-electron chi connectivity index (χ4n) is 2.86. The van der Waals surface area contributed by atoms with Crippen molar-refractivity contribution in [2.45, 2.75) is 13.8 Å². The van der Waals surface area contributed by atoms with Crippen LogP contribution in [0.1, 0.15) is 13.8 Å². The Kier molecular flexibility index (Phi) is 6.99. The van der Waals surface area contributed by atoms with Crippen LogP contribution in [0.5, 0.6) is 5.75 Å². The third-order valence-electron chi connectivity index (χ3n) is 4.08. The lowest BCUT2D eigenvalue weighted by atomic mass is 10.1. The van der Waals surface area contributed by atoms with Crippen molar-refractivity contribution in [3.63, 3.8) is 0 Å². The SMILES string of the molecule is CCOP(=O)(OCC)c1cccc(Nc2cc(-c3ccccc3OC)ncn2)c1. The van der Waals surface area contributed by atoms with Crippen molar-refractivity contribution in [2.24, 2.45) is 0 Å². The molecule has 0 bridgehead atoms. The van der Waals surface area contributed by atoms with E-state index in [-0.39, 0.29) is 0 Å². The Balaban J connectivity index is 1.89. The van der Waals surface area contributed by atoms with Crippen LogP contribution in [0, 0.1) is 0 Å². The molecule has 0 aliphatic carbocycles. The van der Waals surface area contributed by atoms with Gasteiger partial charge in [0.05, 0.1) is 31.3 Å². The Hall–Kier alpha value is -2.73. The normalized spacial score (nSPS) is 11.3. The molecule has 0 saturated carbocycles. The number of rotatable bonds is 9. The lowest BCUT2D eigenvalue weighted by Gasteiger charge is -2.18. The van der Waals surface area contributed by atoms with Crippen molar-refractivity contribution in [3.05, 3.63) is 60.9 Å². The second-order valence-electron chi connectivity index (χ2n) is 6.00. The molecule has 29 heavy (non-hydrogen) atoms. The maximum absolute atomic E-state index is 13.0. The van der Waals surface area contributed by atoms with Gasteiger partial charge in [-0.05, 0) is 44.2 Å². The number of anilines is 2. The van der Waals surface area contributed by atoms with E-state index in [4.69, 9.17) is 13.8 Å². The van der Waals surface area contributed by atoms with E-state index in [0.29, 0.717) is 30.0 Å². The van der Waals surface area contributed by atoms with Gasteiger partial charge in [0.2, 0.25) is 0 Å². The zero-order valence-electron chi connectivity index (χ0n) is 16.7. The molecule has 0 aliphatic rings. The summed E-state index contributed by atoms with van der Waals surface area (Å²) in [5, 5.41) is 3.72. The van der Waals surface area contributed by atoms with Crippen LogP contribution in [0.4, 0.5) is 11.5 Å². The van der Waals surface area contributed by atoms with Gasteiger partial charge < -0.3 is 19.1 Å². The number of methoxy groups -OCH3 is 1. The van der Waals surface area contributed by atoms with Crippen molar-refractivity contribution >= 4 is 24.4 Å². The third-order valence-corrected chi connectivity index (χ3v) is 6.19. The molecule has 1 N–H and O–H groups in total. The van der Waals surface area contributed by atoms with E-state index in [1.165, 1.54) is 6.33 Å². The number of para-hydroxylation sites is 1. The molecule has 2 aromatic carbocycles. The van der Waals surface area contributed by atoms with Crippen molar-refractivity contribution in [2.75, 3.05) is 25.6 Å². The van der Waals surface area contributed by atoms with E-state index >= 15 is 0 Å². The van der Waals surface area contributed by atoms with Crippen molar-refractivity contribution in [3.8, 4) is 17.0 Å². The molecular weight excluding hydrogens is 389 g/mol. The molecule has 0 spiro atoms. The average molecular weight is 413 g/mol. The monoisotopic (exact) mass is 413 g/mol. The summed E-state index contributed by atoms with van der Waals surface area (Å²) in [5.74, 6) is 1.33. The number of aromatic nitrogens is 2. The smallest absolute Gasteiger partial charge is 0.361 e. The zero-order valence-corrected chi connectivity index (χ0v) is 17.6. The first kappa shape index (κ1) is 21.0. The van der Waals surface area contributed by atoms with E-state index < -0.39 is 7.60 Å². The van der Waals surface area contributed by atoms with Crippen molar-refractivity contribution < 1.29 is 18.3 Å². The van der Waals surface area contributed by atoms with Crippen LogP contribution in [0.3, 0.4) is 0 Å². The van der Waals surface area contributed by atoms with Gasteiger partial charge in [-0.2, -0.15) is 0 Å². The topological polar surface area (TPSA) is 82.6 Å². The molecule has 0 saturated heterocycles. The van der Waals surface area contributed by atoms with E-state index in [1.54, 1.807) is 39.2 Å². The molecule has 0 radical (unpaired) electrons. The van der Waals surface area contributed by atoms with Gasteiger partial charge in [-0.1, -0.05) is 18.2 Å². The predicted octanol–water partition coefficient (Wildman–Crippen LogP) is 4.79. The quantitative estimate of drug-likeness (QED) is 0.505. The Morgan fingerprint density at radius 3 is 2.45 bits per heavy atom. The molecule has 0 aliphatic heterocycles. The molecule has 0 atom stereocenters. The Bertz CT molecular complexity index is 1000. The van der Waals surface area contributed by atoms with Crippen LogP contribution in [0.15, 0.2) is 60.9 Å². The molecule has 152 valence electrons. The second-order valence-corrected chi connectivity index (χ2v) is 8.02. The first-order chi connectivity index (χ1) is 14.1. The summed E-state index contributed by atoms with van der Waals surface area (Å²) in [4.78, 5) is 8.64. The minimum atomic E-state index is -3.36. The van der Waals surface area contributed by atoms with Gasteiger partial charge in [0.25, 0.3) is 0 Å². The Morgan fingerprint density at radius 1 is 0.966 bits per heavy atom. The summed E-state index contributed by atoms with van der Waals surface area (Å²) in [6.07, 6.45) is 1.49. The summed E-state index contributed by atoms with van der Waals surface area (Å²) in [5.41, 5.74) is 2.31. The lowest BCUT2D eigenvalue weighted by Crippen LogP contribution is -2.11. The van der Waals surface area contributed by atoms with Gasteiger partial charge in [0.15, 0.2) is 0 Å². The zero-order chi connectivity index (χ0) is 20.7. The van der Waals surface area contributed by atoms with Crippen LogP contribution in [-0.2, 0) is 13.6 Å². The molecule has 3 aromatic rings. The second kappa shape index (κ2) is 9.65. The van der Waals surface area contributed by atoms with Crippen LogP contribution in [-0.4, -0.2) is 30.3 Å². The van der Waals surface area contributed by atoms with E-state index in [1.807, 2.05) is 36.4 Å². The first-order valence-electron chi connectivity index (χ1n) is 9.31. The van der Waals surface area contributed by atoms with Gasteiger partial charge in [-0.3, -0.25) is 4.57 Å². The van der Waals surface area contributed by atoms with Gasteiger partial charge in [0, 0.05) is 17.3 Å². The number of ether oxygens (including phenoxy) is 1. The highest BCUT2D eigenvalue weighted by atomic mass is 31.2. The predicted molar refractivity (Wildman–Crippen MR) is 114 cm³/mol. The van der Waals surface area contributed by atoms with Crippen LogP contribution in [0.2, 0.25) is 0 Å². The molecule has 1 heterocycles. The number of hydrogen-bond acceptors (Lipinski definition) is 7.